The van der Waals surface area contributed by atoms with Crippen molar-refractivity contribution in [3.05, 3.63) is 59.1 Å². The molecule has 0 heterocycles. The van der Waals surface area contributed by atoms with Crippen LogP contribution in [0.5, 0.6) is 5.75 Å². The second-order valence-electron chi connectivity index (χ2n) is 3.52. The van der Waals surface area contributed by atoms with E-state index in [0.29, 0.717) is 10.9 Å². The number of nitrogens with zero attached hydrogens (tertiary/aromatic N) is 1. The first kappa shape index (κ1) is 11.5. The molecule has 0 fully saturated rings. The average molecular weight is 247 g/mol. The predicted octanol–water partition coefficient (Wildman–Crippen LogP) is 3.08. The van der Waals surface area contributed by atoms with E-state index >= 15 is 0 Å². The molecule has 0 saturated heterocycles. The second kappa shape index (κ2) is 4.89. The van der Waals surface area contributed by atoms with Gasteiger partial charge in [-0.1, -0.05) is 11.6 Å². The largest absolute Gasteiger partial charge is 0.508 e. The first-order valence-electron chi connectivity index (χ1n) is 5.04. The summed E-state index contributed by atoms with van der Waals surface area (Å²) in [6, 6.07) is 13.6. The lowest BCUT2D eigenvalue weighted by molar-refractivity contribution is 0.475. The number of rotatable bonds is 2. The maximum Gasteiger partial charge on any atom is 0.131 e. The van der Waals surface area contributed by atoms with E-state index in [1.54, 1.807) is 48.5 Å². The number of benzene rings is 2. The van der Waals surface area contributed by atoms with Crippen LogP contribution in [0.15, 0.2) is 53.5 Å². The van der Waals surface area contributed by atoms with Gasteiger partial charge in [-0.3, -0.25) is 0 Å². The van der Waals surface area contributed by atoms with Gasteiger partial charge < -0.3 is 10.8 Å². The lowest BCUT2D eigenvalue weighted by Gasteiger charge is -2.01. The SMILES string of the molecule is NC(=Nc1ccc(Cl)cc1)c1ccc(O)cc1. The highest BCUT2D eigenvalue weighted by Crippen LogP contribution is 2.17. The summed E-state index contributed by atoms with van der Waals surface area (Å²) in [7, 11) is 0. The first-order chi connectivity index (χ1) is 8.15. The summed E-state index contributed by atoms with van der Waals surface area (Å²) in [5, 5.41) is 9.82. The minimum atomic E-state index is 0.202. The molecule has 3 nitrogen and oxygen atoms in total. The molecule has 2 aromatic rings. The summed E-state index contributed by atoms with van der Waals surface area (Å²) < 4.78 is 0. The van der Waals surface area contributed by atoms with Crippen molar-refractivity contribution >= 4 is 23.1 Å². The Kier molecular flexibility index (Phi) is 3.30. The molecule has 2 rings (SSSR count). The lowest BCUT2D eigenvalue weighted by atomic mass is 10.2. The Morgan fingerprint density at radius 2 is 1.59 bits per heavy atom. The van der Waals surface area contributed by atoms with Crippen molar-refractivity contribution in [2.45, 2.75) is 0 Å². The smallest absolute Gasteiger partial charge is 0.131 e. The fourth-order valence-corrected chi connectivity index (χ4v) is 1.48. The van der Waals surface area contributed by atoms with E-state index in [4.69, 9.17) is 22.4 Å². The van der Waals surface area contributed by atoms with Crippen molar-refractivity contribution in [2.75, 3.05) is 0 Å². The number of phenolic OH excluding ortho intramolecular Hbond substituents is 1. The summed E-state index contributed by atoms with van der Waals surface area (Å²) >= 11 is 5.78. The zero-order chi connectivity index (χ0) is 12.3. The quantitative estimate of drug-likeness (QED) is 0.632. The summed E-state index contributed by atoms with van der Waals surface area (Å²) in [6.07, 6.45) is 0. The maximum atomic E-state index is 9.16. The highest BCUT2D eigenvalue weighted by Gasteiger charge is 1.99. The molecule has 0 spiro atoms. The normalized spacial score (nSPS) is 11.5. The summed E-state index contributed by atoms with van der Waals surface area (Å²) in [5.41, 5.74) is 7.35. The van der Waals surface area contributed by atoms with Crippen LogP contribution in [0, 0.1) is 0 Å². The zero-order valence-corrected chi connectivity index (χ0v) is 9.72. The van der Waals surface area contributed by atoms with Crippen molar-refractivity contribution in [3.8, 4) is 5.75 Å². The van der Waals surface area contributed by atoms with Crippen LogP contribution >= 0.6 is 11.6 Å². The number of aliphatic imine (C=N–C) groups is 1. The number of aromatic hydroxyl groups is 1. The maximum absolute atomic E-state index is 9.16. The van der Waals surface area contributed by atoms with Crippen molar-refractivity contribution in [2.24, 2.45) is 10.7 Å². The third kappa shape index (κ3) is 2.98. The van der Waals surface area contributed by atoms with Crippen LogP contribution in [-0.2, 0) is 0 Å². The third-order valence-electron chi connectivity index (χ3n) is 2.24. The van der Waals surface area contributed by atoms with E-state index in [-0.39, 0.29) is 5.75 Å². The van der Waals surface area contributed by atoms with E-state index in [2.05, 4.69) is 4.99 Å². The molecule has 0 aliphatic carbocycles. The topological polar surface area (TPSA) is 58.6 Å². The molecular formula is C13H11ClN2O. The number of hydrogen-bond acceptors (Lipinski definition) is 2. The van der Waals surface area contributed by atoms with E-state index in [9.17, 15) is 0 Å². The fourth-order valence-electron chi connectivity index (χ4n) is 1.35. The molecule has 0 radical (unpaired) electrons. The van der Waals surface area contributed by atoms with Crippen LogP contribution in [-0.4, -0.2) is 10.9 Å². The molecule has 4 heteroatoms. The van der Waals surface area contributed by atoms with Crippen LogP contribution < -0.4 is 5.73 Å². The number of nitrogens with two attached hydrogens (primary N) is 1. The Balaban J connectivity index is 2.27. The highest BCUT2D eigenvalue weighted by atomic mass is 35.5. The number of phenols is 1. The van der Waals surface area contributed by atoms with Gasteiger partial charge in [-0.25, -0.2) is 4.99 Å². The predicted molar refractivity (Wildman–Crippen MR) is 69.9 cm³/mol. The fraction of sp³-hybridized carbons (Fsp3) is 0. The van der Waals surface area contributed by atoms with Crippen molar-refractivity contribution < 1.29 is 5.11 Å². The van der Waals surface area contributed by atoms with Gasteiger partial charge in [-0.15, -0.1) is 0 Å². The number of hydrogen-bond donors (Lipinski definition) is 2. The Morgan fingerprint density at radius 1 is 1.00 bits per heavy atom. The molecule has 2 aromatic carbocycles. The van der Waals surface area contributed by atoms with Gasteiger partial charge in [0.1, 0.15) is 11.6 Å². The zero-order valence-electron chi connectivity index (χ0n) is 8.97. The molecule has 0 unspecified atom stereocenters. The number of amidine groups is 1. The van der Waals surface area contributed by atoms with Crippen LogP contribution in [0.3, 0.4) is 0 Å². The van der Waals surface area contributed by atoms with Gasteiger partial charge >= 0.3 is 0 Å². The molecule has 0 amide bonds. The van der Waals surface area contributed by atoms with Gasteiger partial charge in [0, 0.05) is 10.6 Å². The van der Waals surface area contributed by atoms with Crippen molar-refractivity contribution in [3.63, 3.8) is 0 Å². The molecule has 0 bridgehead atoms. The van der Waals surface area contributed by atoms with Gasteiger partial charge in [-0.05, 0) is 48.5 Å². The monoisotopic (exact) mass is 246 g/mol. The molecule has 3 N–H and O–H groups in total. The van der Waals surface area contributed by atoms with E-state index in [0.717, 1.165) is 11.3 Å². The van der Waals surface area contributed by atoms with Crippen LogP contribution in [0.4, 0.5) is 5.69 Å². The van der Waals surface area contributed by atoms with Crippen LogP contribution in [0.2, 0.25) is 5.02 Å². The molecule has 86 valence electrons. The molecule has 0 aliphatic heterocycles. The summed E-state index contributed by atoms with van der Waals surface area (Å²) in [5.74, 6) is 0.598. The van der Waals surface area contributed by atoms with Crippen molar-refractivity contribution in [1.29, 1.82) is 0 Å². The van der Waals surface area contributed by atoms with Gasteiger partial charge in [0.25, 0.3) is 0 Å². The Bertz CT molecular complexity index is 532. The van der Waals surface area contributed by atoms with Gasteiger partial charge in [-0.2, -0.15) is 0 Å². The minimum Gasteiger partial charge on any atom is -0.508 e. The Labute approximate surface area is 104 Å². The molecule has 0 aromatic heterocycles. The van der Waals surface area contributed by atoms with Gasteiger partial charge in [0.15, 0.2) is 0 Å². The molecule has 0 aliphatic rings. The van der Waals surface area contributed by atoms with Crippen LogP contribution in [0.25, 0.3) is 0 Å². The first-order valence-corrected chi connectivity index (χ1v) is 5.42. The third-order valence-corrected chi connectivity index (χ3v) is 2.49. The molecular weight excluding hydrogens is 236 g/mol. The van der Waals surface area contributed by atoms with Gasteiger partial charge in [0.2, 0.25) is 0 Å². The van der Waals surface area contributed by atoms with Crippen LogP contribution in [0.1, 0.15) is 5.56 Å². The number of halogens is 1. The Hall–Kier alpha value is -2.00. The average Bonchev–Trinajstić information content (AvgIpc) is 2.33. The van der Waals surface area contributed by atoms with E-state index < -0.39 is 0 Å². The molecule has 0 atom stereocenters. The summed E-state index contributed by atoms with van der Waals surface area (Å²) in [6.45, 7) is 0. The van der Waals surface area contributed by atoms with E-state index in [1.807, 2.05) is 0 Å². The second-order valence-corrected chi connectivity index (χ2v) is 3.96. The summed E-state index contributed by atoms with van der Waals surface area (Å²) in [4.78, 5) is 4.25. The van der Waals surface area contributed by atoms with Crippen molar-refractivity contribution in [1.82, 2.24) is 0 Å². The highest BCUT2D eigenvalue weighted by molar-refractivity contribution is 6.30. The molecule has 17 heavy (non-hydrogen) atoms. The Morgan fingerprint density at radius 3 is 2.18 bits per heavy atom. The molecule has 0 saturated carbocycles. The standard InChI is InChI=1S/C13H11ClN2O/c14-10-3-5-11(6-4-10)16-13(15)9-1-7-12(17)8-2-9/h1-8,17H,(H2,15,16). The minimum absolute atomic E-state index is 0.202. The lowest BCUT2D eigenvalue weighted by Crippen LogP contribution is -2.12. The van der Waals surface area contributed by atoms with E-state index in [1.165, 1.54) is 0 Å². The van der Waals surface area contributed by atoms with Gasteiger partial charge in [0.05, 0.1) is 5.69 Å².